The summed E-state index contributed by atoms with van der Waals surface area (Å²) in [6, 6.07) is 0. The Kier molecular flexibility index (Phi) is 6.51. The molecule has 3 saturated carbocycles. The van der Waals surface area contributed by atoms with E-state index in [0.717, 1.165) is 38.5 Å². The number of hydrogen-bond acceptors (Lipinski definition) is 5. The number of fused-ring (bicyclic) bond motifs is 3. The minimum absolute atomic E-state index is 0.0543. The van der Waals surface area contributed by atoms with Crippen molar-refractivity contribution in [2.75, 3.05) is 7.11 Å². The fraction of sp³-hybridized carbons (Fsp3) is 0.885. The van der Waals surface area contributed by atoms with Gasteiger partial charge in [0, 0.05) is 18.8 Å². The van der Waals surface area contributed by atoms with Crippen LogP contribution in [0.3, 0.4) is 0 Å². The number of carboxylic acids is 1. The van der Waals surface area contributed by atoms with Crippen LogP contribution in [0.25, 0.3) is 0 Å². The van der Waals surface area contributed by atoms with E-state index in [4.69, 9.17) is 9.47 Å². The molecule has 32 heavy (non-hydrogen) atoms. The largest absolute Gasteiger partial charge is 0.481 e. The highest BCUT2D eigenvalue weighted by Gasteiger charge is 2.68. The highest BCUT2D eigenvalue weighted by Crippen LogP contribution is 2.73. The van der Waals surface area contributed by atoms with E-state index in [1.54, 1.807) is 0 Å². The molecule has 0 aromatic carbocycles. The van der Waals surface area contributed by atoms with Crippen LogP contribution < -0.4 is 0 Å². The van der Waals surface area contributed by atoms with E-state index in [0.29, 0.717) is 18.3 Å². The van der Waals surface area contributed by atoms with E-state index in [-0.39, 0.29) is 46.6 Å². The molecule has 0 spiro atoms. The number of methoxy groups -OCH3 is 1. The van der Waals surface area contributed by atoms with Gasteiger partial charge < -0.3 is 14.6 Å². The van der Waals surface area contributed by atoms with Crippen molar-refractivity contribution in [2.24, 2.45) is 39.4 Å². The van der Waals surface area contributed by atoms with E-state index in [2.05, 4.69) is 34.6 Å². The Morgan fingerprint density at radius 1 is 0.938 bits per heavy atom. The number of carbonyl (C=O) groups is 3. The summed E-state index contributed by atoms with van der Waals surface area (Å²) in [5.74, 6) is -0.728. The molecule has 3 rings (SSSR count). The van der Waals surface area contributed by atoms with Crippen molar-refractivity contribution in [1.82, 2.24) is 0 Å². The van der Waals surface area contributed by atoms with Crippen LogP contribution in [0.2, 0.25) is 0 Å². The lowest BCUT2D eigenvalue weighted by Crippen LogP contribution is -2.65. The first-order valence-electron chi connectivity index (χ1n) is 12.2. The second kappa shape index (κ2) is 8.32. The van der Waals surface area contributed by atoms with Crippen molar-refractivity contribution in [3.63, 3.8) is 0 Å². The fourth-order valence-electron chi connectivity index (χ4n) is 8.67. The zero-order chi connectivity index (χ0) is 24.1. The van der Waals surface area contributed by atoms with Gasteiger partial charge in [0.2, 0.25) is 0 Å². The summed E-state index contributed by atoms with van der Waals surface area (Å²) in [4.78, 5) is 36.1. The second-order valence-electron chi connectivity index (χ2n) is 12.0. The average Bonchev–Trinajstić information content (AvgIpc) is 2.69. The molecular weight excluding hydrogens is 408 g/mol. The molecule has 0 aliphatic heterocycles. The number of carbonyl (C=O) groups excluding carboxylic acids is 2. The first-order valence-corrected chi connectivity index (χ1v) is 12.2. The highest BCUT2D eigenvalue weighted by molar-refractivity contribution is 5.74. The van der Waals surface area contributed by atoms with Crippen LogP contribution in [0, 0.1) is 39.4 Å². The smallest absolute Gasteiger partial charge is 0.309 e. The third-order valence-corrected chi connectivity index (χ3v) is 10.5. The zero-order valence-corrected chi connectivity index (χ0v) is 21.0. The first kappa shape index (κ1) is 25.0. The van der Waals surface area contributed by atoms with E-state index in [1.165, 1.54) is 14.0 Å². The molecule has 7 atom stereocenters. The molecule has 182 valence electrons. The molecule has 0 aromatic heterocycles. The molecule has 0 unspecified atom stereocenters. The van der Waals surface area contributed by atoms with Crippen molar-refractivity contribution in [3.05, 3.63) is 0 Å². The Hall–Kier alpha value is -1.59. The third-order valence-electron chi connectivity index (χ3n) is 10.5. The normalized spacial score (nSPS) is 42.8. The van der Waals surface area contributed by atoms with E-state index >= 15 is 0 Å². The standard InChI is InChI=1S/C26H42O6/c1-16(27)32-20-11-13-24(4)18(23(20,2)3)10-14-26(6)19(24)9-8-17(22(30)31-7)25(26,5)15-12-21(28)29/h17-20H,8-15H2,1-7H3,(H,28,29)/t17-,18+,19-,20+,24+,25-,26-/m1/s1. The number of hydrogen-bond donors (Lipinski definition) is 1. The molecule has 0 amide bonds. The molecule has 6 nitrogen and oxygen atoms in total. The van der Waals surface area contributed by atoms with Gasteiger partial charge in [-0.25, -0.2) is 0 Å². The second-order valence-corrected chi connectivity index (χ2v) is 12.0. The summed E-state index contributed by atoms with van der Waals surface area (Å²) in [5, 5.41) is 9.47. The number of ether oxygens (including phenoxy) is 2. The minimum Gasteiger partial charge on any atom is -0.481 e. The average molecular weight is 451 g/mol. The summed E-state index contributed by atoms with van der Waals surface area (Å²) < 4.78 is 11.0. The van der Waals surface area contributed by atoms with Gasteiger partial charge in [0.05, 0.1) is 13.0 Å². The van der Waals surface area contributed by atoms with Crippen molar-refractivity contribution < 1.29 is 29.0 Å². The van der Waals surface area contributed by atoms with Gasteiger partial charge >= 0.3 is 17.9 Å². The van der Waals surface area contributed by atoms with Crippen molar-refractivity contribution in [2.45, 2.75) is 99.0 Å². The quantitative estimate of drug-likeness (QED) is 0.577. The van der Waals surface area contributed by atoms with Gasteiger partial charge in [-0.1, -0.05) is 34.6 Å². The van der Waals surface area contributed by atoms with Crippen LogP contribution >= 0.6 is 0 Å². The van der Waals surface area contributed by atoms with Crippen LogP contribution in [0.15, 0.2) is 0 Å². The van der Waals surface area contributed by atoms with Gasteiger partial charge in [-0.2, -0.15) is 0 Å². The Labute approximate surface area is 192 Å². The lowest BCUT2D eigenvalue weighted by atomic mass is 9.35. The lowest BCUT2D eigenvalue weighted by Gasteiger charge is -2.70. The summed E-state index contributed by atoms with van der Waals surface area (Å²) in [6.45, 7) is 12.8. The Balaban J connectivity index is 2.01. The molecule has 0 heterocycles. The van der Waals surface area contributed by atoms with Gasteiger partial charge in [-0.3, -0.25) is 14.4 Å². The third kappa shape index (κ3) is 3.66. The van der Waals surface area contributed by atoms with E-state index in [1.807, 2.05) is 0 Å². The number of esters is 2. The predicted molar refractivity (Wildman–Crippen MR) is 121 cm³/mol. The number of aliphatic carboxylic acids is 1. The molecule has 3 aliphatic carbocycles. The summed E-state index contributed by atoms with van der Waals surface area (Å²) in [6.07, 6.45) is 5.91. The fourth-order valence-corrected chi connectivity index (χ4v) is 8.67. The van der Waals surface area contributed by atoms with Crippen LogP contribution in [-0.4, -0.2) is 36.2 Å². The Morgan fingerprint density at radius 3 is 2.16 bits per heavy atom. The van der Waals surface area contributed by atoms with Gasteiger partial charge in [-0.15, -0.1) is 0 Å². The van der Waals surface area contributed by atoms with Crippen molar-refractivity contribution >= 4 is 17.9 Å². The molecule has 0 bridgehead atoms. The van der Waals surface area contributed by atoms with E-state index < -0.39 is 11.4 Å². The number of carboxylic acid groups (broad SMARTS) is 1. The lowest BCUT2D eigenvalue weighted by molar-refractivity contribution is -0.233. The summed E-state index contributed by atoms with van der Waals surface area (Å²) in [5.41, 5.74) is -0.670. The topological polar surface area (TPSA) is 89.9 Å². The molecular formula is C26H42O6. The van der Waals surface area contributed by atoms with Gasteiger partial charge in [0.15, 0.2) is 0 Å². The molecule has 0 saturated heterocycles. The van der Waals surface area contributed by atoms with Crippen LogP contribution in [0.1, 0.15) is 92.9 Å². The predicted octanol–water partition coefficient (Wildman–Crippen LogP) is 5.23. The maximum atomic E-state index is 12.8. The highest BCUT2D eigenvalue weighted by atomic mass is 16.5. The Morgan fingerprint density at radius 2 is 1.59 bits per heavy atom. The minimum atomic E-state index is -0.816. The van der Waals surface area contributed by atoms with Crippen LogP contribution in [0.4, 0.5) is 0 Å². The maximum Gasteiger partial charge on any atom is 0.309 e. The molecule has 1 N–H and O–H groups in total. The maximum absolute atomic E-state index is 12.8. The summed E-state index contributed by atoms with van der Waals surface area (Å²) in [7, 11) is 1.44. The van der Waals surface area contributed by atoms with Gasteiger partial charge in [-0.05, 0) is 73.0 Å². The Bertz CT molecular complexity index is 774. The SMILES string of the molecule is COC(=O)[C@H]1CC[C@@H]2[C@@]3(C)CC[C@H](OC(C)=O)C(C)(C)[C@@H]3CC[C@@]2(C)[C@]1(C)CCC(=O)O. The molecule has 0 radical (unpaired) electrons. The zero-order valence-electron chi connectivity index (χ0n) is 21.0. The first-order chi connectivity index (χ1) is 14.7. The van der Waals surface area contributed by atoms with Crippen LogP contribution in [0.5, 0.6) is 0 Å². The summed E-state index contributed by atoms with van der Waals surface area (Å²) >= 11 is 0. The van der Waals surface area contributed by atoms with Crippen molar-refractivity contribution in [3.8, 4) is 0 Å². The molecule has 0 aromatic rings. The van der Waals surface area contributed by atoms with E-state index in [9.17, 15) is 19.5 Å². The monoisotopic (exact) mass is 450 g/mol. The van der Waals surface area contributed by atoms with Gasteiger partial charge in [0.25, 0.3) is 0 Å². The molecule has 3 aliphatic rings. The van der Waals surface area contributed by atoms with Crippen molar-refractivity contribution in [1.29, 1.82) is 0 Å². The number of rotatable bonds is 5. The molecule has 3 fully saturated rings. The van der Waals surface area contributed by atoms with Crippen LogP contribution in [-0.2, 0) is 23.9 Å². The molecule has 6 heteroatoms. The van der Waals surface area contributed by atoms with Gasteiger partial charge in [0.1, 0.15) is 6.10 Å².